The normalized spacial score (nSPS) is 15.5. The summed E-state index contributed by atoms with van der Waals surface area (Å²) in [6, 6.07) is 5.42. The van der Waals surface area contributed by atoms with Gasteiger partial charge in [-0.25, -0.2) is 9.78 Å². The summed E-state index contributed by atoms with van der Waals surface area (Å²) in [5.74, 6) is 0.993. The van der Waals surface area contributed by atoms with E-state index in [-0.39, 0.29) is 11.8 Å². The number of ether oxygens (including phenoxy) is 2. The minimum atomic E-state index is -0.401. The van der Waals surface area contributed by atoms with Gasteiger partial charge in [-0.3, -0.25) is 9.59 Å². The van der Waals surface area contributed by atoms with Gasteiger partial charge >= 0.3 is 5.97 Å². The number of hydrogen-bond acceptors (Lipinski definition) is 10. The van der Waals surface area contributed by atoms with E-state index < -0.39 is 5.97 Å². The van der Waals surface area contributed by atoms with E-state index in [1.165, 1.54) is 20.3 Å². The second-order valence-electron chi connectivity index (χ2n) is 9.91. The zero-order chi connectivity index (χ0) is 28.6. The van der Waals surface area contributed by atoms with Crippen LogP contribution in [0.25, 0.3) is 0 Å². The van der Waals surface area contributed by atoms with E-state index in [0.717, 1.165) is 31.5 Å². The van der Waals surface area contributed by atoms with Crippen LogP contribution in [0.15, 0.2) is 36.5 Å². The maximum Gasteiger partial charge on any atom is 0.330 e. The molecular weight excluding hydrogens is 514 g/mol. The molecule has 2 heterocycles. The number of anilines is 4. The Hall–Kier alpha value is -4.19. The second-order valence-corrected chi connectivity index (χ2v) is 9.91. The number of amides is 2. The number of esters is 1. The molecule has 2 amide bonds. The van der Waals surface area contributed by atoms with Crippen molar-refractivity contribution in [3.63, 3.8) is 0 Å². The molecule has 1 aromatic carbocycles. The Balaban J connectivity index is 1.40. The summed E-state index contributed by atoms with van der Waals surface area (Å²) in [5.41, 5.74) is 1.76. The Labute approximate surface area is 234 Å². The minimum absolute atomic E-state index is 0.0290. The molecule has 2 aromatic rings. The zero-order valence-electron chi connectivity index (χ0n) is 23.5. The lowest BCUT2D eigenvalue weighted by atomic mass is 10.1. The van der Waals surface area contributed by atoms with Crippen LogP contribution in [0.5, 0.6) is 5.75 Å². The summed E-state index contributed by atoms with van der Waals surface area (Å²) in [7, 11) is 6.51. The Bertz CT molecular complexity index is 1260. The monoisotopic (exact) mass is 551 g/mol. The Morgan fingerprint density at radius 2 is 2.00 bits per heavy atom. The van der Waals surface area contributed by atoms with Gasteiger partial charge in [-0.2, -0.15) is 4.98 Å². The molecule has 0 unspecified atom stereocenters. The quantitative estimate of drug-likeness (QED) is 0.317. The molecule has 12 nitrogen and oxygen atoms in total. The molecule has 1 aliphatic carbocycles. The summed E-state index contributed by atoms with van der Waals surface area (Å²) in [6.07, 6.45) is 9.14. The zero-order valence-corrected chi connectivity index (χ0v) is 23.5. The van der Waals surface area contributed by atoms with E-state index in [9.17, 15) is 14.4 Å². The summed E-state index contributed by atoms with van der Waals surface area (Å²) < 4.78 is 10.1. The molecule has 0 spiro atoms. The van der Waals surface area contributed by atoms with Gasteiger partial charge in [0.15, 0.2) is 5.82 Å². The van der Waals surface area contributed by atoms with Gasteiger partial charge in [0.05, 0.1) is 32.6 Å². The van der Waals surface area contributed by atoms with Crippen molar-refractivity contribution in [1.82, 2.24) is 20.2 Å². The standard InChI is InChI=1S/C28H37N7O5/c1-33(14-7-10-25(37)40-4)15-13-29-27(38)19-11-12-21(23(16-19)39-3)31-28-30-17-22-26(32-28)35(18-24(36)34(22)2)20-8-5-6-9-20/h7,10-12,16-17,20H,5-6,8-9,13-15,18H2,1-4H3,(H,29,38)(H,30,31,32)/b10-7+. The van der Waals surface area contributed by atoms with Crippen LogP contribution in [0.2, 0.25) is 0 Å². The highest BCUT2D eigenvalue weighted by molar-refractivity contribution is 6.02. The van der Waals surface area contributed by atoms with Gasteiger partial charge in [-0.1, -0.05) is 18.9 Å². The van der Waals surface area contributed by atoms with Gasteiger partial charge in [0, 0.05) is 44.4 Å². The molecule has 0 saturated heterocycles. The molecule has 1 saturated carbocycles. The summed E-state index contributed by atoms with van der Waals surface area (Å²) in [5, 5.41) is 6.11. The highest BCUT2D eigenvalue weighted by atomic mass is 16.5. The van der Waals surface area contributed by atoms with E-state index in [1.54, 1.807) is 42.4 Å². The second kappa shape index (κ2) is 13.2. The van der Waals surface area contributed by atoms with Crippen molar-refractivity contribution in [2.24, 2.45) is 0 Å². The molecule has 1 aliphatic heterocycles. The fourth-order valence-electron chi connectivity index (χ4n) is 4.86. The number of methoxy groups -OCH3 is 2. The first kappa shape index (κ1) is 28.8. The SMILES string of the molecule is COC(=O)/C=C/CN(C)CCNC(=O)c1ccc(Nc2ncc3c(n2)N(C2CCCC2)CC(=O)N3C)c(OC)c1. The van der Waals surface area contributed by atoms with Gasteiger partial charge in [0.25, 0.3) is 5.91 Å². The van der Waals surface area contributed by atoms with Gasteiger partial charge in [-0.15, -0.1) is 0 Å². The van der Waals surface area contributed by atoms with Gasteiger partial charge in [0.1, 0.15) is 11.4 Å². The number of benzene rings is 1. The van der Waals surface area contributed by atoms with Crippen LogP contribution in [0, 0.1) is 0 Å². The van der Waals surface area contributed by atoms with Crippen molar-refractivity contribution < 1.29 is 23.9 Å². The third-order valence-electron chi connectivity index (χ3n) is 7.19. The van der Waals surface area contributed by atoms with Crippen molar-refractivity contribution in [3.05, 3.63) is 42.1 Å². The Kier molecular flexibility index (Phi) is 9.54. The first-order valence-corrected chi connectivity index (χ1v) is 13.4. The van der Waals surface area contributed by atoms with Crippen LogP contribution in [0.3, 0.4) is 0 Å². The van der Waals surface area contributed by atoms with E-state index in [0.29, 0.717) is 60.9 Å². The summed E-state index contributed by atoms with van der Waals surface area (Å²) in [6.45, 7) is 1.89. The number of carbonyl (C=O) groups excluding carboxylic acids is 3. The predicted molar refractivity (Wildman–Crippen MR) is 152 cm³/mol. The summed E-state index contributed by atoms with van der Waals surface area (Å²) >= 11 is 0. The molecule has 0 atom stereocenters. The number of likely N-dealkylation sites (N-methyl/N-ethyl adjacent to an activating group) is 2. The van der Waals surface area contributed by atoms with Crippen molar-refractivity contribution in [3.8, 4) is 5.75 Å². The molecule has 2 aliphatic rings. The Morgan fingerprint density at radius 1 is 1.23 bits per heavy atom. The van der Waals surface area contributed by atoms with Crippen LogP contribution in [0.1, 0.15) is 36.0 Å². The molecule has 12 heteroatoms. The number of fused-ring (bicyclic) bond motifs is 1. The third kappa shape index (κ3) is 6.87. The molecule has 4 rings (SSSR count). The minimum Gasteiger partial charge on any atom is -0.495 e. The first-order chi connectivity index (χ1) is 19.3. The average molecular weight is 552 g/mol. The van der Waals surface area contributed by atoms with E-state index in [2.05, 4.69) is 25.3 Å². The van der Waals surface area contributed by atoms with Crippen molar-refractivity contribution in [2.75, 3.05) is 69.6 Å². The molecule has 0 bridgehead atoms. The number of carbonyl (C=O) groups is 3. The lowest BCUT2D eigenvalue weighted by Gasteiger charge is -2.37. The molecule has 2 N–H and O–H groups in total. The first-order valence-electron chi connectivity index (χ1n) is 13.4. The molecule has 1 fully saturated rings. The van der Waals surface area contributed by atoms with Crippen LogP contribution >= 0.6 is 0 Å². The molecule has 40 heavy (non-hydrogen) atoms. The molecular formula is C28H37N7O5. The Morgan fingerprint density at radius 3 is 2.73 bits per heavy atom. The average Bonchev–Trinajstić information content (AvgIpc) is 3.50. The van der Waals surface area contributed by atoms with Gasteiger partial charge in [0.2, 0.25) is 11.9 Å². The predicted octanol–water partition coefficient (Wildman–Crippen LogP) is 2.34. The van der Waals surface area contributed by atoms with Crippen molar-refractivity contribution >= 4 is 40.9 Å². The van der Waals surface area contributed by atoms with Crippen molar-refractivity contribution in [1.29, 1.82) is 0 Å². The van der Waals surface area contributed by atoms with Crippen LogP contribution in [0.4, 0.5) is 23.1 Å². The lowest BCUT2D eigenvalue weighted by Crippen LogP contribution is -2.48. The maximum absolute atomic E-state index is 12.7. The largest absolute Gasteiger partial charge is 0.495 e. The molecule has 214 valence electrons. The van der Waals surface area contributed by atoms with E-state index in [4.69, 9.17) is 9.72 Å². The fraction of sp³-hybridized carbons (Fsp3) is 0.464. The number of hydrogen-bond donors (Lipinski definition) is 2. The lowest BCUT2D eigenvalue weighted by molar-refractivity contribution is -0.134. The number of rotatable bonds is 11. The summed E-state index contributed by atoms with van der Waals surface area (Å²) in [4.78, 5) is 51.4. The van der Waals surface area contributed by atoms with Gasteiger partial charge in [-0.05, 0) is 38.1 Å². The third-order valence-corrected chi connectivity index (χ3v) is 7.19. The van der Waals surface area contributed by atoms with Crippen LogP contribution in [-0.2, 0) is 14.3 Å². The molecule has 0 radical (unpaired) electrons. The van der Waals surface area contributed by atoms with E-state index in [1.807, 2.05) is 11.9 Å². The number of aromatic nitrogens is 2. The van der Waals surface area contributed by atoms with Gasteiger partial charge < -0.3 is 34.8 Å². The number of nitrogens with zero attached hydrogens (tertiary/aromatic N) is 5. The van der Waals surface area contributed by atoms with Crippen LogP contribution < -0.4 is 25.2 Å². The molecule has 1 aromatic heterocycles. The fourth-order valence-corrected chi connectivity index (χ4v) is 4.86. The smallest absolute Gasteiger partial charge is 0.330 e. The van der Waals surface area contributed by atoms with Crippen molar-refractivity contribution in [2.45, 2.75) is 31.7 Å². The number of nitrogens with one attached hydrogen (secondary N) is 2. The highest BCUT2D eigenvalue weighted by Crippen LogP contribution is 2.37. The highest BCUT2D eigenvalue weighted by Gasteiger charge is 2.34. The topological polar surface area (TPSA) is 129 Å². The van der Waals surface area contributed by atoms with Crippen LogP contribution in [-0.4, -0.2) is 93.2 Å². The van der Waals surface area contributed by atoms with E-state index >= 15 is 0 Å². The maximum atomic E-state index is 12.7.